The first-order valence-corrected chi connectivity index (χ1v) is 5.24. The van der Waals surface area contributed by atoms with Crippen molar-refractivity contribution in [2.24, 2.45) is 0 Å². The number of rotatable bonds is 1. The normalized spacial score (nSPS) is 34.5. The van der Waals surface area contributed by atoms with E-state index in [0.717, 1.165) is 13.0 Å². The van der Waals surface area contributed by atoms with Crippen LogP contribution in [0, 0.1) is 0 Å². The molecule has 0 spiro atoms. The highest BCUT2D eigenvalue weighted by atomic mass is 31.2. The molecule has 0 amide bonds. The lowest BCUT2D eigenvalue weighted by Crippen LogP contribution is -2.31. The molecule has 0 aromatic rings. The lowest BCUT2D eigenvalue weighted by atomic mass is 10.5. The van der Waals surface area contributed by atoms with Crippen LogP contribution in [0.3, 0.4) is 0 Å². The van der Waals surface area contributed by atoms with Crippen molar-refractivity contribution in [2.45, 2.75) is 6.42 Å². The fourth-order valence-electron chi connectivity index (χ4n) is 1.12. The molecule has 0 aliphatic carbocycles. The minimum absolute atomic E-state index is 0.611. The van der Waals surface area contributed by atoms with Gasteiger partial charge in [0.1, 0.15) is 0 Å². The van der Waals surface area contributed by atoms with Gasteiger partial charge in [-0.2, -0.15) is 0 Å². The minimum atomic E-state index is -2.61. The Kier molecular flexibility index (Phi) is 2.70. The summed E-state index contributed by atoms with van der Waals surface area (Å²) in [5.74, 6) is 0. The number of hydrogen-bond donors (Lipinski definition) is 0. The summed E-state index contributed by atoms with van der Waals surface area (Å²) in [6.45, 7) is 1.47. The Hall–Kier alpha value is 0.110. The molecule has 1 aliphatic heterocycles. The molecule has 11 heavy (non-hydrogen) atoms. The van der Waals surface area contributed by atoms with E-state index in [4.69, 9.17) is 4.52 Å². The molecular formula is C6H15N2O2P. The van der Waals surface area contributed by atoms with Crippen LogP contribution in [0.25, 0.3) is 0 Å². The van der Waals surface area contributed by atoms with E-state index in [9.17, 15) is 4.57 Å². The Bertz CT molecular complexity index is 183. The Morgan fingerprint density at radius 3 is 2.55 bits per heavy atom. The topological polar surface area (TPSA) is 32.8 Å². The lowest BCUT2D eigenvalue weighted by molar-refractivity contribution is 0.192. The van der Waals surface area contributed by atoms with Crippen LogP contribution in [-0.4, -0.2) is 43.6 Å². The predicted octanol–water partition coefficient (Wildman–Crippen LogP) is 1.01. The second-order valence-electron chi connectivity index (χ2n) is 2.91. The third-order valence-electron chi connectivity index (χ3n) is 1.82. The Balaban J connectivity index is 2.73. The van der Waals surface area contributed by atoms with E-state index in [1.165, 1.54) is 0 Å². The number of hydrogen-bond acceptors (Lipinski definition) is 2. The summed E-state index contributed by atoms with van der Waals surface area (Å²) in [5, 5.41) is 0. The molecule has 0 aromatic heterocycles. The molecule has 5 heteroatoms. The quantitative estimate of drug-likeness (QED) is 0.561. The minimum Gasteiger partial charge on any atom is -0.306 e. The van der Waals surface area contributed by atoms with Crippen LogP contribution in [0.2, 0.25) is 0 Å². The summed E-state index contributed by atoms with van der Waals surface area (Å²) in [6, 6.07) is 0. The molecule has 1 saturated heterocycles. The van der Waals surface area contributed by atoms with Crippen molar-refractivity contribution in [3.63, 3.8) is 0 Å². The molecule has 0 N–H and O–H groups in total. The molecule has 1 aliphatic rings. The summed E-state index contributed by atoms with van der Waals surface area (Å²) >= 11 is 0. The molecule has 4 nitrogen and oxygen atoms in total. The molecule has 66 valence electrons. The molecule has 0 radical (unpaired) electrons. The van der Waals surface area contributed by atoms with Crippen LogP contribution in [0.15, 0.2) is 0 Å². The van der Waals surface area contributed by atoms with Gasteiger partial charge in [-0.05, 0) is 27.6 Å². The molecule has 0 bridgehead atoms. The summed E-state index contributed by atoms with van der Waals surface area (Å²) in [4.78, 5) is 0. The molecule has 1 heterocycles. The van der Waals surface area contributed by atoms with E-state index in [1.807, 2.05) is 7.05 Å². The molecule has 1 unspecified atom stereocenters. The standard InChI is InChI=1S/C6H15N2O2P/c1-7(2)11(9)8(3)5-4-6-10-11/h4-6H2,1-3H3. The predicted molar refractivity (Wildman–Crippen MR) is 44.5 cm³/mol. The second-order valence-corrected chi connectivity index (χ2v) is 5.63. The third-order valence-corrected chi connectivity index (χ3v) is 4.42. The molecule has 1 fully saturated rings. The van der Waals surface area contributed by atoms with Gasteiger partial charge < -0.3 is 4.52 Å². The van der Waals surface area contributed by atoms with E-state index in [2.05, 4.69) is 0 Å². The molecule has 1 atom stereocenters. The van der Waals surface area contributed by atoms with Crippen LogP contribution < -0.4 is 0 Å². The Morgan fingerprint density at radius 2 is 2.18 bits per heavy atom. The van der Waals surface area contributed by atoms with Crippen molar-refractivity contribution in [1.82, 2.24) is 9.34 Å². The van der Waals surface area contributed by atoms with Crippen molar-refractivity contribution in [3.05, 3.63) is 0 Å². The highest BCUT2D eigenvalue weighted by molar-refractivity contribution is 7.53. The largest absolute Gasteiger partial charge is 0.345 e. The van der Waals surface area contributed by atoms with Gasteiger partial charge in [0, 0.05) is 6.54 Å². The zero-order valence-electron chi connectivity index (χ0n) is 7.28. The van der Waals surface area contributed by atoms with Gasteiger partial charge in [-0.1, -0.05) is 0 Å². The summed E-state index contributed by atoms with van der Waals surface area (Å²) in [7, 11) is 2.78. The van der Waals surface area contributed by atoms with Crippen LogP contribution in [-0.2, 0) is 9.09 Å². The highest BCUT2D eigenvalue weighted by Gasteiger charge is 2.34. The van der Waals surface area contributed by atoms with E-state index in [0.29, 0.717) is 6.61 Å². The highest BCUT2D eigenvalue weighted by Crippen LogP contribution is 2.53. The summed E-state index contributed by atoms with van der Waals surface area (Å²) in [5.41, 5.74) is 0. The molecular weight excluding hydrogens is 163 g/mol. The van der Waals surface area contributed by atoms with Gasteiger partial charge in [-0.3, -0.25) is 4.57 Å². The van der Waals surface area contributed by atoms with Gasteiger partial charge >= 0.3 is 7.67 Å². The maximum absolute atomic E-state index is 11.9. The smallest absolute Gasteiger partial charge is 0.306 e. The second kappa shape index (κ2) is 3.23. The van der Waals surface area contributed by atoms with Crippen molar-refractivity contribution >= 4 is 7.67 Å². The Labute approximate surface area is 67.7 Å². The van der Waals surface area contributed by atoms with Gasteiger partial charge in [0.05, 0.1) is 6.61 Å². The van der Waals surface area contributed by atoms with Crippen LogP contribution in [0.5, 0.6) is 0 Å². The van der Waals surface area contributed by atoms with Crippen LogP contribution >= 0.6 is 7.67 Å². The molecule has 0 aromatic carbocycles. The SMILES string of the molecule is CN(C)P1(=O)OCCCN1C. The zero-order valence-corrected chi connectivity index (χ0v) is 8.17. The van der Waals surface area contributed by atoms with Gasteiger partial charge in [0.15, 0.2) is 0 Å². The fraction of sp³-hybridized carbons (Fsp3) is 1.00. The van der Waals surface area contributed by atoms with Gasteiger partial charge in [-0.25, -0.2) is 9.34 Å². The van der Waals surface area contributed by atoms with E-state index < -0.39 is 7.67 Å². The Morgan fingerprint density at radius 1 is 1.55 bits per heavy atom. The average molecular weight is 178 g/mol. The monoisotopic (exact) mass is 178 g/mol. The lowest BCUT2D eigenvalue weighted by Gasteiger charge is -2.35. The van der Waals surface area contributed by atoms with Crippen molar-refractivity contribution < 1.29 is 9.09 Å². The first-order valence-electron chi connectivity index (χ1n) is 3.71. The summed E-state index contributed by atoms with van der Waals surface area (Å²) in [6.07, 6.45) is 0.967. The third kappa shape index (κ3) is 1.64. The van der Waals surface area contributed by atoms with Gasteiger partial charge in [0.25, 0.3) is 0 Å². The van der Waals surface area contributed by atoms with E-state index in [-0.39, 0.29) is 0 Å². The van der Waals surface area contributed by atoms with Crippen molar-refractivity contribution in [3.8, 4) is 0 Å². The van der Waals surface area contributed by atoms with Crippen molar-refractivity contribution in [1.29, 1.82) is 0 Å². The van der Waals surface area contributed by atoms with E-state index >= 15 is 0 Å². The van der Waals surface area contributed by atoms with Crippen LogP contribution in [0.1, 0.15) is 6.42 Å². The molecule has 0 saturated carbocycles. The molecule has 1 rings (SSSR count). The first-order chi connectivity index (χ1) is 5.07. The van der Waals surface area contributed by atoms with Crippen LogP contribution in [0.4, 0.5) is 0 Å². The fourth-order valence-corrected chi connectivity index (χ4v) is 2.92. The van der Waals surface area contributed by atoms with E-state index in [1.54, 1.807) is 23.4 Å². The first kappa shape index (κ1) is 9.20. The number of nitrogens with zero attached hydrogens (tertiary/aromatic N) is 2. The zero-order chi connectivity index (χ0) is 8.48. The van der Waals surface area contributed by atoms with Gasteiger partial charge in [-0.15, -0.1) is 0 Å². The maximum Gasteiger partial charge on any atom is 0.345 e. The maximum atomic E-state index is 11.9. The van der Waals surface area contributed by atoms with Crippen molar-refractivity contribution in [2.75, 3.05) is 34.3 Å². The summed E-state index contributed by atoms with van der Waals surface area (Å²) < 4.78 is 20.6. The average Bonchev–Trinajstić information content (AvgIpc) is 1.95. The van der Waals surface area contributed by atoms with Gasteiger partial charge in [0.2, 0.25) is 0 Å².